The molecule has 0 bridgehead atoms. The summed E-state index contributed by atoms with van der Waals surface area (Å²) in [7, 11) is 0. The number of hydrogen-bond donors (Lipinski definition) is 1. The molecule has 0 aliphatic rings. The first-order chi connectivity index (χ1) is 18.1. The van der Waals surface area contributed by atoms with Gasteiger partial charge in [-0.2, -0.15) is 17.6 Å². The molecule has 0 aliphatic carbocycles. The molecule has 0 spiro atoms. The zero-order valence-electron chi connectivity index (χ0n) is 20.3. The molecule has 0 atom stereocenters. The summed E-state index contributed by atoms with van der Waals surface area (Å²) in [5, 5.41) is 8.43. The Bertz CT molecular complexity index is 1340. The van der Waals surface area contributed by atoms with Crippen LogP contribution in [0.5, 0.6) is 0 Å². The lowest BCUT2D eigenvalue weighted by molar-refractivity contribution is -0.173. The van der Waals surface area contributed by atoms with Crippen LogP contribution < -0.4 is 0 Å². The van der Waals surface area contributed by atoms with Gasteiger partial charge in [0, 0.05) is 11.1 Å². The molecular weight excluding hydrogens is 500 g/mol. The normalized spacial score (nSPS) is 11.2. The van der Waals surface area contributed by atoms with Gasteiger partial charge in [-0.25, -0.2) is 9.59 Å². The molecule has 0 saturated carbocycles. The van der Waals surface area contributed by atoms with Crippen molar-refractivity contribution >= 4 is 11.9 Å². The van der Waals surface area contributed by atoms with Crippen molar-refractivity contribution in [3.8, 4) is 22.3 Å². The van der Waals surface area contributed by atoms with Crippen LogP contribution in [0.4, 0.5) is 17.6 Å². The molecule has 0 aliphatic heterocycles. The van der Waals surface area contributed by atoms with Gasteiger partial charge >= 0.3 is 23.8 Å². The van der Waals surface area contributed by atoms with Crippen LogP contribution in [0.3, 0.4) is 0 Å². The number of carbonyl (C=O) groups is 2. The van der Waals surface area contributed by atoms with E-state index in [0.717, 1.165) is 34.4 Å². The molecule has 0 heterocycles. The van der Waals surface area contributed by atoms with E-state index in [2.05, 4.69) is 4.74 Å². The second-order valence-electron chi connectivity index (χ2n) is 8.06. The first-order valence-corrected chi connectivity index (χ1v) is 11.6. The van der Waals surface area contributed by atoms with Crippen molar-refractivity contribution in [3.05, 3.63) is 120 Å². The van der Waals surface area contributed by atoms with Gasteiger partial charge in [-0.15, -0.1) is 0 Å². The van der Waals surface area contributed by atoms with Crippen molar-refractivity contribution in [3.63, 3.8) is 0 Å². The lowest BCUT2D eigenvalue weighted by Crippen LogP contribution is -2.28. The number of alkyl halides is 4. The molecule has 4 rings (SSSR count). The number of esters is 1. The Labute approximate surface area is 217 Å². The van der Waals surface area contributed by atoms with Crippen LogP contribution in [-0.4, -0.2) is 23.7 Å². The van der Waals surface area contributed by atoms with E-state index in [9.17, 15) is 27.2 Å². The first-order valence-electron chi connectivity index (χ1n) is 11.6. The van der Waals surface area contributed by atoms with Crippen molar-refractivity contribution < 1.29 is 37.0 Å². The maximum atomic E-state index is 13.8. The lowest BCUT2D eigenvalue weighted by Gasteiger charge is -2.15. The Hall–Kier alpha value is -4.46. The Morgan fingerprint density at radius 3 is 1.29 bits per heavy atom. The maximum absolute atomic E-state index is 13.8. The summed E-state index contributed by atoms with van der Waals surface area (Å²) in [6.07, 6.45) is 0. The first kappa shape index (κ1) is 28.1. The molecule has 0 fully saturated rings. The van der Waals surface area contributed by atoms with Gasteiger partial charge in [0.1, 0.15) is 0 Å². The number of rotatable bonds is 7. The summed E-state index contributed by atoms with van der Waals surface area (Å²) in [5.74, 6) is -11.1. The van der Waals surface area contributed by atoms with E-state index in [1.54, 1.807) is 12.1 Å². The minimum atomic E-state index is -3.85. The van der Waals surface area contributed by atoms with E-state index in [1.807, 2.05) is 60.7 Å². The van der Waals surface area contributed by atoms with Gasteiger partial charge in [0.25, 0.3) is 0 Å². The van der Waals surface area contributed by atoms with Crippen LogP contribution in [0.2, 0.25) is 0 Å². The molecule has 1 N–H and O–H groups in total. The highest BCUT2D eigenvalue weighted by atomic mass is 19.3. The van der Waals surface area contributed by atoms with Gasteiger partial charge in [-0.05, 0) is 29.2 Å². The molecule has 0 unspecified atom stereocenters. The van der Waals surface area contributed by atoms with E-state index in [4.69, 9.17) is 5.11 Å². The molecular formula is C30H24F4O4. The Balaban J connectivity index is 0.000000212. The highest BCUT2D eigenvalue weighted by Crippen LogP contribution is 2.32. The fourth-order valence-electron chi connectivity index (χ4n) is 3.47. The molecule has 196 valence electrons. The standard InChI is InChI=1S/C16H14F2O2.C14H10F2O2/c1-2-20-15(19)16(17,18)14-10-8-13(9-11-14)12-6-4-3-5-7-12;15-14(16,13(17)18)12-8-6-11(7-9-12)10-4-2-1-3-5-10/h3-11H,2H2,1H3;1-9H,(H,17,18). The van der Waals surface area contributed by atoms with Crippen molar-refractivity contribution in [2.45, 2.75) is 18.8 Å². The van der Waals surface area contributed by atoms with E-state index in [1.165, 1.54) is 31.2 Å². The number of aliphatic carboxylic acids is 1. The SMILES string of the molecule is CCOC(=O)C(F)(F)c1ccc(-c2ccccc2)cc1.O=C(O)C(F)(F)c1ccc(-c2ccccc2)cc1. The van der Waals surface area contributed by atoms with E-state index >= 15 is 0 Å². The number of ether oxygens (including phenoxy) is 1. The van der Waals surface area contributed by atoms with Crippen LogP contribution >= 0.6 is 0 Å². The molecule has 0 radical (unpaired) electrons. The Morgan fingerprint density at radius 2 is 0.947 bits per heavy atom. The Kier molecular flexibility index (Phi) is 9.02. The number of carboxylic acids is 1. The predicted octanol–water partition coefficient (Wildman–Crippen LogP) is 7.54. The molecule has 0 aromatic heterocycles. The van der Waals surface area contributed by atoms with E-state index in [0.29, 0.717) is 0 Å². The topological polar surface area (TPSA) is 63.6 Å². The van der Waals surface area contributed by atoms with E-state index in [-0.39, 0.29) is 12.2 Å². The van der Waals surface area contributed by atoms with Crippen molar-refractivity contribution in [2.24, 2.45) is 0 Å². The maximum Gasteiger partial charge on any atom is 0.381 e. The van der Waals surface area contributed by atoms with Crippen LogP contribution in [0.15, 0.2) is 109 Å². The molecule has 4 nitrogen and oxygen atoms in total. The van der Waals surface area contributed by atoms with Gasteiger partial charge < -0.3 is 9.84 Å². The van der Waals surface area contributed by atoms with Crippen LogP contribution in [0.25, 0.3) is 22.3 Å². The summed E-state index contributed by atoms with van der Waals surface area (Å²) in [4.78, 5) is 21.7. The molecule has 4 aromatic rings. The van der Waals surface area contributed by atoms with Gasteiger partial charge in [0.2, 0.25) is 0 Å². The minimum absolute atomic E-state index is 0.0729. The summed E-state index contributed by atoms with van der Waals surface area (Å²) in [6, 6.07) is 29.5. The lowest BCUT2D eigenvalue weighted by atomic mass is 10.0. The van der Waals surface area contributed by atoms with Crippen molar-refractivity contribution in [2.75, 3.05) is 6.61 Å². The second kappa shape index (κ2) is 12.2. The third-order valence-corrected chi connectivity index (χ3v) is 5.51. The summed E-state index contributed by atoms with van der Waals surface area (Å²) in [5.41, 5.74) is 2.51. The third kappa shape index (κ3) is 6.64. The average molecular weight is 525 g/mol. The molecule has 4 aromatic carbocycles. The summed E-state index contributed by atoms with van der Waals surface area (Å²) in [6.45, 7) is 1.42. The van der Waals surface area contributed by atoms with Crippen LogP contribution in [-0.2, 0) is 26.2 Å². The monoisotopic (exact) mass is 524 g/mol. The highest BCUT2D eigenvalue weighted by molar-refractivity contribution is 5.80. The smallest absolute Gasteiger partial charge is 0.381 e. The molecule has 38 heavy (non-hydrogen) atoms. The number of carbonyl (C=O) groups excluding carboxylic acids is 1. The molecule has 0 amide bonds. The highest BCUT2D eigenvalue weighted by Gasteiger charge is 2.42. The Morgan fingerprint density at radius 1 is 0.605 bits per heavy atom. The van der Waals surface area contributed by atoms with Crippen LogP contribution in [0, 0.1) is 0 Å². The third-order valence-electron chi connectivity index (χ3n) is 5.51. The van der Waals surface area contributed by atoms with Gasteiger partial charge in [-0.1, -0.05) is 109 Å². The van der Waals surface area contributed by atoms with E-state index < -0.39 is 29.3 Å². The number of benzene rings is 4. The zero-order chi connectivity index (χ0) is 27.8. The summed E-state index contributed by atoms with van der Waals surface area (Å²) >= 11 is 0. The van der Waals surface area contributed by atoms with Gasteiger partial charge in [-0.3, -0.25) is 0 Å². The quantitative estimate of drug-likeness (QED) is 0.200. The van der Waals surface area contributed by atoms with Gasteiger partial charge in [0.05, 0.1) is 6.61 Å². The van der Waals surface area contributed by atoms with Gasteiger partial charge in [0.15, 0.2) is 0 Å². The van der Waals surface area contributed by atoms with Crippen LogP contribution in [0.1, 0.15) is 18.1 Å². The number of halogens is 4. The predicted molar refractivity (Wildman–Crippen MR) is 136 cm³/mol. The number of hydrogen-bond acceptors (Lipinski definition) is 3. The fraction of sp³-hybridized carbons (Fsp3) is 0.133. The number of carboxylic acid groups (broad SMARTS) is 1. The second-order valence-corrected chi connectivity index (χ2v) is 8.06. The van der Waals surface area contributed by atoms with Crippen molar-refractivity contribution in [1.29, 1.82) is 0 Å². The largest absolute Gasteiger partial charge is 0.477 e. The average Bonchev–Trinajstić information content (AvgIpc) is 2.94. The molecule has 0 saturated heterocycles. The summed E-state index contributed by atoms with van der Waals surface area (Å²) < 4.78 is 58.4. The van der Waals surface area contributed by atoms with Crippen molar-refractivity contribution in [1.82, 2.24) is 0 Å². The zero-order valence-corrected chi connectivity index (χ0v) is 20.3. The fourth-order valence-corrected chi connectivity index (χ4v) is 3.47. The molecule has 8 heteroatoms. The minimum Gasteiger partial charge on any atom is -0.477 e.